The molecule has 0 amide bonds. The summed E-state index contributed by atoms with van der Waals surface area (Å²) in [5.74, 6) is 3.18. The Balaban J connectivity index is 1.33. The van der Waals surface area contributed by atoms with E-state index in [-0.39, 0.29) is 0 Å². The van der Waals surface area contributed by atoms with Gasteiger partial charge in [-0.25, -0.2) is 8.83 Å². The third-order valence-electron chi connectivity index (χ3n) is 6.59. The molecule has 0 N–H and O–H groups in total. The molecule has 0 aliphatic heterocycles. The molecule has 40 heavy (non-hydrogen) atoms. The van der Waals surface area contributed by atoms with Crippen molar-refractivity contribution in [3.63, 3.8) is 0 Å². The molecule has 2 heteroatoms. The molecule has 2 aromatic heterocycles. The molecule has 6 rings (SSSR count). The predicted molar refractivity (Wildman–Crippen MR) is 166 cm³/mol. The number of hydrogen-bond acceptors (Lipinski definition) is 0. The highest BCUT2D eigenvalue weighted by Gasteiger charge is 2.18. The molecular formula is C38H28O2+2. The highest BCUT2D eigenvalue weighted by molar-refractivity contribution is 5.73. The van der Waals surface area contributed by atoms with Gasteiger partial charge in [-0.05, 0) is 35.4 Å². The minimum absolute atomic E-state index is 0.768. The van der Waals surface area contributed by atoms with E-state index in [0.29, 0.717) is 0 Å². The van der Waals surface area contributed by atoms with E-state index in [4.69, 9.17) is 8.83 Å². The topological polar surface area (TPSA) is 22.6 Å². The van der Waals surface area contributed by atoms with Gasteiger partial charge in [0.1, 0.15) is 0 Å². The molecular weight excluding hydrogens is 488 g/mol. The Morgan fingerprint density at radius 3 is 1.00 bits per heavy atom. The van der Waals surface area contributed by atoms with Crippen molar-refractivity contribution in [1.82, 2.24) is 0 Å². The standard InChI is InChI=1S/C38H28O2/c1-5-15-29(16-6-1)33-25-35(39-37(27-33)31-19-9-3-10-20-31)23-13-14-24-36-26-34(30-17-7-2-8-18-30)28-38(40-36)32-21-11-4-12-22-32/h1-28H/q+2. The first-order chi connectivity index (χ1) is 19.8. The zero-order chi connectivity index (χ0) is 27.0. The highest BCUT2D eigenvalue weighted by Crippen LogP contribution is 2.30. The van der Waals surface area contributed by atoms with Crippen molar-refractivity contribution >= 4 is 12.2 Å². The second-order valence-electron chi connectivity index (χ2n) is 9.41. The number of rotatable bonds is 7. The van der Waals surface area contributed by atoms with Gasteiger partial charge in [0.25, 0.3) is 0 Å². The summed E-state index contributed by atoms with van der Waals surface area (Å²) in [7, 11) is 0. The number of benzene rings is 4. The summed E-state index contributed by atoms with van der Waals surface area (Å²) in [6.45, 7) is 0. The first kappa shape index (κ1) is 25.0. The van der Waals surface area contributed by atoms with Crippen LogP contribution in [0.3, 0.4) is 0 Å². The maximum atomic E-state index is 6.29. The lowest BCUT2D eigenvalue weighted by molar-refractivity contribution is 0.555. The van der Waals surface area contributed by atoms with Crippen LogP contribution in [0.4, 0.5) is 0 Å². The lowest BCUT2D eigenvalue weighted by Crippen LogP contribution is -1.85. The van der Waals surface area contributed by atoms with E-state index in [9.17, 15) is 0 Å². The van der Waals surface area contributed by atoms with Crippen molar-refractivity contribution in [3.05, 3.63) is 169 Å². The Kier molecular flexibility index (Phi) is 7.50. The van der Waals surface area contributed by atoms with Gasteiger partial charge in [-0.3, -0.25) is 0 Å². The van der Waals surface area contributed by atoms with Gasteiger partial charge < -0.3 is 0 Å². The van der Waals surface area contributed by atoms with E-state index >= 15 is 0 Å². The Hall–Kier alpha value is -5.34. The van der Waals surface area contributed by atoms with Crippen LogP contribution in [-0.2, 0) is 0 Å². The quantitative estimate of drug-likeness (QED) is 0.156. The molecule has 0 saturated heterocycles. The fraction of sp³-hybridized carbons (Fsp3) is 0. The average molecular weight is 517 g/mol. The second-order valence-corrected chi connectivity index (χ2v) is 9.41. The van der Waals surface area contributed by atoms with Crippen LogP contribution in [-0.4, -0.2) is 0 Å². The molecule has 190 valence electrons. The van der Waals surface area contributed by atoms with Gasteiger partial charge in [-0.1, -0.05) is 109 Å². The zero-order valence-corrected chi connectivity index (χ0v) is 22.0. The Morgan fingerprint density at radius 1 is 0.325 bits per heavy atom. The molecule has 0 saturated carbocycles. The summed E-state index contributed by atoms with van der Waals surface area (Å²) >= 11 is 0. The largest absolute Gasteiger partial charge is 0.361 e. The van der Waals surface area contributed by atoms with E-state index in [1.807, 2.05) is 72.8 Å². The minimum Gasteiger partial charge on any atom is -0.207 e. The first-order valence-corrected chi connectivity index (χ1v) is 13.3. The summed E-state index contributed by atoms with van der Waals surface area (Å²) in [6, 6.07) is 49.4. The molecule has 0 unspecified atom stereocenters. The molecule has 0 atom stereocenters. The number of hydrogen-bond donors (Lipinski definition) is 0. The van der Waals surface area contributed by atoms with Crippen LogP contribution in [0.15, 0.2) is 167 Å². The zero-order valence-electron chi connectivity index (χ0n) is 22.0. The molecule has 2 heterocycles. The fourth-order valence-corrected chi connectivity index (χ4v) is 4.59. The van der Waals surface area contributed by atoms with Gasteiger partial charge in [0.2, 0.25) is 0 Å². The smallest absolute Gasteiger partial charge is 0.207 e. The van der Waals surface area contributed by atoms with Crippen LogP contribution in [0.5, 0.6) is 0 Å². The third kappa shape index (κ3) is 6.03. The molecule has 4 aromatic carbocycles. The van der Waals surface area contributed by atoms with Crippen LogP contribution >= 0.6 is 0 Å². The summed E-state index contributed by atoms with van der Waals surface area (Å²) in [6.07, 6.45) is 7.92. The predicted octanol–water partition coefficient (Wildman–Crippen LogP) is 10.8. The fourth-order valence-electron chi connectivity index (χ4n) is 4.59. The maximum absolute atomic E-state index is 6.29. The lowest BCUT2D eigenvalue weighted by Gasteiger charge is -2.00. The van der Waals surface area contributed by atoms with E-state index < -0.39 is 0 Å². The van der Waals surface area contributed by atoms with Crippen molar-refractivity contribution in [3.8, 4) is 44.9 Å². The molecule has 0 aliphatic carbocycles. The Bertz CT molecular complexity index is 1510. The van der Waals surface area contributed by atoms with Crippen LogP contribution in [0.1, 0.15) is 11.5 Å². The third-order valence-corrected chi connectivity index (χ3v) is 6.59. The van der Waals surface area contributed by atoms with Crippen LogP contribution in [0.25, 0.3) is 57.1 Å². The molecule has 0 radical (unpaired) electrons. The Morgan fingerprint density at radius 2 is 0.650 bits per heavy atom. The molecule has 6 aromatic rings. The average Bonchev–Trinajstić information content (AvgIpc) is 3.04. The summed E-state index contributed by atoms with van der Waals surface area (Å²) in [5.41, 5.74) is 6.57. The van der Waals surface area contributed by atoms with Crippen molar-refractivity contribution in [2.24, 2.45) is 0 Å². The van der Waals surface area contributed by atoms with Gasteiger partial charge in [-0.15, -0.1) is 0 Å². The van der Waals surface area contributed by atoms with Crippen molar-refractivity contribution in [2.45, 2.75) is 0 Å². The maximum Gasteiger partial charge on any atom is 0.361 e. The molecule has 0 aliphatic rings. The highest BCUT2D eigenvalue weighted by atomic mass is 16.3. The molecule has 0 spiro atoms. The Labute approximate surface area is 234 Å². The van der Waals surface area contributed by atoms with E-state index in [2.05, 4.69) is 97.1 Å². The molecule has 2 nitrogen and oxygen atoms in total. The van der Waals surface area contributed by atoms with Gasteiger partial charge in [-0.2, -0.15) is 0 Å². The van der Waals surface area contributed by atoms with E-state index in [0.717, 1.165) is 56.4 Å². The molecule has 0 fully saturated rings. The van der Waals surface area contributed by atoms with Gasteiger partial charge >= 0.3 is 23.0 Å². The SMILES string of the molecule is C(C=Cc1cc(-c2ccccc2)cc(-c2ccccc2)[o+]1)=Cc1cc(-c2ccccc2)cc(-c2ccccc2)[o+]1. The van der Waals surface area contributed by atoms with Gasteiger partial charge in [0, 0.05) is 23.3 Å². The van der Waals surface area contributed by atoms with Gasteiger partial charge in [0.05, 0.1) is 35.4 Å². The molecule has 0 bridgehead atoms. The van der Waals surface area contributed by atoms with Crippen LogP contribution < -0.4 is 0 Å². The van der Waals surface area contributed by atoms with Gasteiger partial charge in [0.15, 0.2) is 0 Å². The van der Waals surface area contributed by atoms with Crippen LogP contribution in [0.2, 0.25) is 0 Å². The van der Waals surface area contributed by atoms with Crippen molar-refractivity contribution in [2.75, 3.05) is 0 Å². The summed E-state index contributed by atoms with van der Waals surface area (Å²) in [5, 5.41) is 0. The van der Waals surface area contributed by atoms with Crippen molar-refractivity contribution < 1.29 is 8.83 Å². The summed E-state index contributed by atoms with van der Waals surface area (Å²) in [4.78, 5) is 0. The monoisotopic (exact) mass is 516 g/mol. The van der Waals surface area contributed by atoms with Crippen LogP contribution in [0, 0.1) is 0 Å². The number of allylic oxidation sites excluding steroid dienone is 2. The summed E-state index contributed by atoms with van der Waals surface area (Å²) < 4.78 is 12.6. The lowest BCUT2D eigenvalue weighted by atomic mass is 10.0. The second kappa shape index (κ2) is 12.0. The first-order valence-electron chi connectivity index (χ1n) is 13.3. The van der Waals surface area contributed by atoms with E-state index in [1.165, 1.54) is 0 Å². The minimum atomic E-state index is 0.768. The van der Waals surface area contributed by atoms with E-state index in [1.54, 1.807) is 0 Å². The van der Waals surface area contributed by atoms with Crippen molar-refractivity contribution in [1.29, 1.82) is 0 Å². The normalized spacial score (nSPS) is 11.3.